The van der Waals surface area contributed by atoms with Crippen molar-refractivity contribution in [3.05, 3.63) is 35.4 Å². The molecule has 5 heteroatoms. The van der Waals surface area contributed by atoms with Crippen LogP contribution in [0.4, 0.5) is 0 Å². The van der Waals surface area contributed by atoms with Crippen molar-refractivity contribution in [1.82, 2.24) is 0 Å². The summed E-state index contributed by atoms with van der Waals surface area (Å²) in [7, 11) is 0. The third-order valence-electron chi connectivity index (χ3n) is 1.98. The lowest BCUT2D eigenvalue weighted by atomic mass is 10.00. The van der Waals surface area contributed by atoms with Gasteiger partial charge in [0.2, 0.25) is 3.79 Å². The van der Waals surface area contributed by atoms with Crippen LogP contribution >= 0.6 is 34.8 Å². The number of hydrogen-bond acceptors (Lipinski definition) is 1. The van der Waals surface area contributed by atoms with E-state index in [9.17, 15) is 4.79 Å². The molecule has 0 radical (unpaired) electrons. The first kappa shape index (κ1) is 12.6. The smallest absolute Gasteiger partial charge is 0.315 e. The molecule has 82 valence electrons. The van der Waals surface area contributed by atoms with Gasteiger partial charge in [0.1, 0.15) is 5.92 Å². The summed E-state index contributed by atoms with van der Waals surface area (Å²) in [6, 6.07) is 6.86. The van der Waals surface area contributed by atoms with E-state index in [-0.39, 0.29) is 0 Å². The molecule has 0 saturated heterocycles. The van der Waals surface area contributed by atoms with Crippen LogP contribution in [0.15, 0.2) is 24.3 Å². The van der Waals surface area contributed by atoms with Crippen molar-refractivity contribution in [3.8, 4) is 0 Å². The number of carboxylic acid groups (broad SMARTS) is 1. The summed E-state index contributed by atoms with van der Waals surface area (Å²) in [4.78, 5) is 11.0. The van der Waals surface area contributed by atoms with Gasteiger partial charge in [-0.15, -0.1) is 0 Å². The van der Waals surface area contributed by atoms with Gasteiger partial charge in [-0.05, 0) is 12.5 Å². The highest BCUT2D eigenvalue weighted by Crippen LogP contribution is 2.41. The molecule has 1 aromatic carbocycles. The van der Waals surface area contributed by atoms with Crippen molar-refractivity contribution in [2.24, 2.45) is 0 Å². The number of aryl methyl sites for hydroxylation is 1. The zero-order chi connectivity index (χ0) is 11.6. The Morgan fingerprint density at radius 2 is 1.73 bits per heavy atom. The van der Waals surface area contributed by atoms with Gasteiger partial charge in [-0.25, -0.2) is 0 Å². The largest absolute Gasteiger partial charge is 0.481 e. The SMILES string of the molecule is Cc1ccc(C(C(=O)O)C(Cl)(Cl)Cl)cc1. The Balaban J connectivity index is 3.11. The van der Waals surface area contributed by atoms with Crippen molar-refractivity contribution in [2.45, 2.75) is 16.6 Å². The minimum atomic E-state index is -1.85. The zero-order valence-electron chi connectivity index (χ0n) is 7.88. The summed E-state index contributed by atoms with van der Waals surface area (Å²) in [5.41, 5.74) is 1.50. The van der Waals surface area contributed by atoms with Gasteiger partial charge in [0.15, 0.2) is 0 Å². The monoisotopic (exact) mass is 266 g/mol. The fraction of sp³-hybridized carbons (Fsp3) is 0.300. The molecule has 0 aromatic heterocycles. The molecule has 0 saturated carbocycles. The molecule has 0 spiro atoms. The number of rotatable bonds is 2. The molecular formula is C10H9Cl3O2. The van der Waals surface area contributed by atoms with Gasteiger partial charge in [0.25, 0.3) is 0 Å². The predicted octanol–water partition coefficient (Wildman–Crippen LogP) is 3.53. The van der Waals surface area contributed by atoms with E-state index in [0.29, 0.717) is 5.56 Å². The number of carbonyl (C=O) groups is 1. The Bertz CT molecular complexity index is 354. The average Bonchev–Trinajstić information content (AvgIpc) is 2.05. The molecule has 0 aliphatic rings. The van der Waals surface area contributed by atoms with Gasteiger partial charge in [-0.3, -0.25) is 4.79 Å². The molecule has 0 bridgehead atoms. The second-order valence-corrected chi connectivity index (χ2v) is 5.59. The fourth-order valence-corrected chi connectivity index (χ4v) is 1.89. The van der Waals surface area contributed by atoms with E-state index in [1.54, 1.807) is 24.3 Å². The van der Waals surface area contributed by atoms with Crippen molar-refractivity contribution >= 4 is 40.8 Å². The Morgan fingerprint density at radius 1 is 1.27 bits per heavy atom. The minimum Gasteiger partial charge on any atom is -0.481 e. The van der Waals surface area contributed by atoms with Gasteiger partial charge in [0.05, 0.1) is 0 Å². The lowest BCUT2D eigenvalue weighted by Crippen LogP contribution is -2.25. The number of carboxylic acids is 1. The molecular weight excluding hydrogens is 258 g/mol. The topological polar surface area (TPSA) is 37.3 Å². The number of alkyl halides is 3. The third-order valence-corrected chi connectivity index (χ3v) is 2.64. The predicted molar refractivity (Wildman–Crippen MR) is 61.8 cm³/mol. The highest BCUT2D eigenvalue weighted by atomic mass is 35.6. The van der Waals surface area contributed by atoms with Crippen molar-refractivity contribution in [2.75, 3.05) is 0 Å². The molecule has 1 atom stereocenters. The standard InChI is InChI=1S/C10H9Cl3O2/c1-6-2-4-7(5-3-6)8(9(14)15)10(11,12)13/h2-5,8H,1H3,(H,14,15). The second kappa shape index (κ2) is 4.60. The van der Waals surface area contributed by atoms with Crippen LogP contribution in [0, 0.1) is 6.92 Å². The van der Waals surface area contributed by atoms with Crippen LogP contribution in [0.2, 0.25) is 0 Å². The maximum absolute atomic E-state index is 11.0. The van der Waals surface area contributed by atoms with E-state index in [1.807, 2.05) is 6.92 Å². The summed E-state index contributed by atoms with van der Waals surface area (Å²) in [5.74, 6) is -2.30. The summed E-state index contributed by atoms with van der Waals surface area (Å²) in [6.45, 7) is 1.90. The van der Waals surface area contributed by atoms with Crippen molar-refractivity contribution in [1.29, 1.82) is 0 Å². The van der Waals surface area contributed by atoms with Crippen molar-refractivity contribution in [3.63, 3.8) is 0 Å². The fourth-order valence-electron chi connectivity index (χ4n) is 1.23. The molecule has 0 heterocycles. The van der Waals surface area contributed by atoms with E-state index < -0.39 is 15.7 Å². The van der Waals surface area contributed by atoms with Crippen LogP contribution in [-0.2, 0) is 4.79 Å². The lowest BCUT2D eigenvalue weighted by molar-refractivity contribution is -0.138. The van der Waals surface area contributed by atoms with Crippen LogP contribution in [0.1, 0.15) is 17.0 Å². The quantitative estimate of drug-likeness (QED) is 0.832. The molecule has 1 aromatic rings. The van der Waals surface area contributed by atoms with E-state index in [0.717, 1.165) is 5.56 Å². The zero-order valence-corrected chi connectivity index (χ0v) is 10.1. The maximum Gasteiger partial charge on any atom is 0.315 e. The molecule has 1 unspecified atom stereocenters. The van der Waals surface area contributed by atoms with Crippen LogP contribution in [-0.4, -0.2) is 14.9 Å². The molecule has 1 rings (SSSR count). The highest BCUT2D eigenvalue weighted by molar-refractivity contribution is 6.68. The number of aliphatic carboxylic acids is 1. The highest BCUT2D eigenvalue weighted by Gasteiger charge is 2.39. The second-order valence-electron chi connectivity index (χ2n) is 3.22. The van der Waals surface area contributed by atoms with E-state index in [1.165, 1.54) is 0 Å². The molecule has 2 nitrogen and oxygen atoms in total. The number of halogens is 3. The van der Waals surface area contributed by atoms with E-state index in [2.05, 4.69) is 0 Å². The van der Waals surface area contributed by atoms with Crippen LogP contribution in [0.25, 0.3) is 0 Å². The Labute approximate surface area is 103 Å². The van der Waals surface area contributed by atoms with Crippen molar-refractivity contribution < 1.29 is 9.90 Å². The first-order valence-electron chi connectivity index (χ1n) is 4.18. The molecule has 0 fully saturated rings. The van der Waals surface area contributed by atoms with Gasteiger partial charge < -0.3 is 5.11 Å². The molecule has 0 aliphatic carbocycles. The third kappa shape index (κ3) is 3.26. The van der Waals surface area contributed by atoms with Gasteiger partial charge >= 0.3 is 5.97 Å². The van der Waals surface area contributed by atoms with Gasteiger partial charge in [-0.2, -0.15) is 0 Å². The lowest BCUT2D eigenvalue weighted by Gasteiger charge is -2.20. The first-order chi connectivity index (χ1) is 6.82. The molecule has 1 N–H and O–H groups in total. The number of hydrogen-bond donors (Lipinski definition) is 1. The average molecular weight is 268 g/mol. The van der Waals surface area contributed by atoms with Gasteiger partial charge in [0, 0.05) is 0 Å². The Kier molecular flexibility index (Phi) is 3.87. The maximum atomic E-state index is 11.0. The van der Waals surface area contributed by atoms with E-state index in [4.69, 9.17) is 39.9 Å². The summed E-state index contributed by atoms with van der Waals surface area (Å²) >= 11 is 16.9. The Hall–Kier alpha value is -0.440. The summed E-state index contributed by atoms with van der Waals surface area (Å²) in [5, 5.41) is 8.98. The summed E-state index contributed by atoms with van der Waals surface area (Å²) < 4.78 is -1.85. The summed E-state index contributed by atoms with van der Waals surface area (Å²) in [6.07, 6.45) is 0. The molecule has 0 aliphatic heterocycles. The van der Waals surface area contributed by atoms with Gasteiger partial charge in [-0.1, -0.05) is 64.6 Å². The van der Waals surface area contributed by atoms with Crippen LogP contribution < -0.4 is 0 Å². The van der Waals surface area contributed by atoms with Crippen LogP contribution in [0.3, 0.4) is 0 Å². The molecule has 0 amide bonds. The van der Waals surface area contributed by atoms with Crippen LogP contribution in [0.5, 0.6) is 0 Å². The normalized spacial score (nSPS) is 13.6. The Morgan fingerprint density at radius 3 is 2.07 bits per heavy atom. The van der Waals surface area contributed by atoms with E-state index >= 15 is 0 Å². The molecule has 15 heavy (non-hydrogen) atoms. The first-order valence-corrected chi connectivity index (χ1v) is 5.32. The number of benzene rings is 1. The minimum absolute atomic E-state index is 0.480.